The van der Waals surface area contributed by atoms with E-state index >= 15 is 0 Å². The topological polar surface area (TPSA) is 20.3 Å². The number of aryl methyl sites for hydroxylation is 1. The number of carbonyl (C=O) groups is 1. The lowest BCUT2D eigenvalue weighted by Crippen LogP contribution is -2.31. The number of hydrogen-bond donors (Lipinski definition) is 0. The van der Waals surface area contributed by atoms with Gasteiger partial charge in [0.15, 0.2) is 5.78 Å². The first-order valence-corrected chi connectivity index (χ1v) is 5.55. The highest BCUT2D eigenvalue weighted by molar-refractivity contribution is 6.00. The molecule has 1 atom stereocenters. The fraction of sp³-hybridized carbons (Fsp3) is 0.462. The van der Waals surface area contributed by atoms with E-state index < -0.39 is 0 Å². The molecule has 0 spiro atoms. The van der Waals surface area contributed by atoms with Gasteiger partial charge in [-0.15, -0.1) is 12.4 Å². The van der Waals surface area contributed by atoms with E-state index in [0.29, 0.717) is 5.56 Å². The predicted molar refractivity (Wildman–Crippen MR) is 68.3 cm³/mol. The van der Waals surface area contributed by atoms with E-state index in [1.807, 2.05) is 19.0 Å². The molecule has 0 aromatic heterocycles. The van der Waals surface area contributed by atoms with Crippen LogP contribution in [0.25, 0.3) is 0 Å². The molecule has 0 amide bonds. The first-order valence-electron chi connectivity index (χ1n) is 5.55. The molecule has 1 aliphatic rings. The summed E-state index contributed by atoms with van der Waals surface area (Å²) < 4.78 is 13.0. The highest BCUT2D eigenvalue weighted by Gasteiger charge is 2.27. The molecule has 0 aliphatic heterocycles. The van der Waals surface area contributed by atoms with Crippen molar-refractivity contribution in [2.24, 2.45) is 5.92 Å². The first-order chi connectivity index (χ1) is 7.58. The van der Waals surface area contributed by atoms with Crippen LogP contribution in [0.3, 0.4) is 0 Å². The van der Waals surface area contributed by atoms with Crippen LogP contribution in [0.15, 0.2) is 18.2 Å². The van der Waals surface area contributed by atoms with E-state index in [2.05, 4.69) is 0 Å². The number of ketones is 1. The summed E-state index contributed by atoms with van der Waals surface area (Å²) in [5.41, 5.74) is 1.57. The van der Waals surface area contributed by atoms with Gasteiger partial charge < -0.3 is 4.90 Å². The molecule has 0 N–H and O–H groups in total. The lowest BCUT2D eigenvalue weighted by atomic mass is 9.82. The number of hydrogen-bond acceptors (Lipinski definition) is 2. The average molecular weight is 258 g/mol. The number of rotatable bonds is 2. The number of fused-ring (bicyclic) bond motifs is 1. The molecule has 0 fully saturated rings. The summed E-state index contributed by atoms with van der Waals surface area (Å²) >= 11 is 0. The molecular weight excluding hydrogens is 241 g/mol. The quantitative estimate of drug-likeness (QED) is 0.812. The molecular formula is C13H17ClFNO. The first kappa shape index (κ1) is 14.1. The van der Waals surface area contributed by atoms with Crippen molar-refractivity contribution in [1.29, 1.82) is 0 Å². The molecule has 1 aliphatic carbocycles. The van der Waals surface area contributed by atoms with Gasteiger partial charge in [-0.2, -0.15) is 0 Å². The third-order valence-electron chi connectivity index (χ3n) is 3.05. The van der Waals surface area contributed by atoms with Crippen molar-refractivity contribution in [3.05, 3.63) is 35.1 Å². The maximum atomic E-state index is 13.0. The molecule has 1 aromatic rings. The second-order valence-electron chi connectivity index (χ2n) is 4.66. The molecule has 0 saturated carbocycles. The van der Waals surface area contributed by atoms with Crippen LogP contribution in [-0.4, -0.2) is 31.3 Å². The molecule has 0 bridgehead atoms. The Kier molecular flexibility index (Phi) is 4.66. The molecule has 1 aromatic carbocycles. The minimum absolute atomic E-state index is 0. The van der Waals surface area contributed by atoms with E-state index in [-0.39, 0.29) is 29.9 Å². The zero-order chi connectivity index (χ0) is 11.7. The van der Waals surface area contributed by atoms with Crippen LogP contribution < -0.4 is 0 Å². The zero-order valence-corrected chi connectivity index (χ0v) is 10.9. The van der Waals surface area contributed by atoms with Crippen molar-refractivity contribution >= 4 is 18.2 Å². The number of halogens is 2. The van der Waals surface area contributed by atoms with Gasteiger partial charge in [0.05, 0.1) is 0 Å². The summed E-state index contributed by atoms with van der Waals surface area (Å²) in [6.45, 7) is 0.773. The summed E-state index contributed by atoms with van der Waals surface area (Å²) in [6, 6.07) is 4.47. The van der Waals surface area contributed by atoms with Crippen LogP contribution in [0.2, 0.25) is 0 Å². The van der Waals surface area contributed by atoms with E-state index in [9.17, 15) is 9.18 Å². The van der Waals surface area contributed by atoms with Gasteiger partial charge in [-0.3, -0.25) is 4.79 Å². The predicted octanol–water partition coefficient (Wildman–Crippen LogP) is 2.55. The average Bonchev–Trinajstić information content (AvgIpc) is 2.22. The fourth-order valence-corrected chi connectivity index (χ4v) is 2.31. The van der Waals surface area contributed by atoms with Crippen LogP contribution >= 0.6 is 12.4 Å². The lowest BCUT2D eigenvalue weighted by molar-refractivity contribution is 0.0877. The van der Waals surface area contributed by atoms with Crippen molar-refractivity contribution in [2.45, 2.75) is 12.8 Å². The minimum atomic E-state index is -0.252. The lowest BCUT2D eigenvalue weighted by Gasteiger charge is -2.25. The van der Waals surface area contributed by atoms with E-state index in [4.69, 9.17) is 0 Å². The Morgan fingerprint density at radius 1 is 1.41 bits per heavy atom. The summed E-state index contributed by atoms with van der Waals surface area (Å²) in [7, 11) is 3.93. The van der Waals surface area contributed by atoms with Gasteiger partial charge in [0.25, 0.3) is 0 Å². The normalized spacial score (nSPS) is 18.8. The minimum Gasteiger partial charge on any atom is -0.309 e. The smallest absolute Gasteiger partial charge is 0.167 e. The van der Waals surface area contributed by atoms with Crippen LogP contribution in [0.5, 0.6) is 0 Å². The van der Waals surface area contributed by atoms with E-state index in [1.54, 1.807) is 6.07 Å². The summed E-state index contributed by atoms with van der Waals surface area (Å²) in [5, 5.41) is 0. The summed E-state index contributed by atoms with van der Waals surface area (Å²) in [5.74, 6) is -0.0273. The molecule has 4 heteroatoms. The monoisotopic (exact) mass is 257 g/mol. The van der Waals surface area contributed by atoms with E-state index in [0.717, 1.165) is 24.9 Å². The Balaban J connectivity index is 0.00000144. The maximum Gasteiger partial charge on any atom is 0.167 e. The van der Waals surface area contributed by atoms with Crippen LogP contribution in [0.4, 0.5) is 4.39 Å². The Morgan fingerprint density at radius 2 is 2.12 bits per heavy atom. The molecule has 1 unspecified atom stereocenters. The van der Waals surface area contributed by atoms with Gasteiger partial charge in [-0.25, -0.2) is 4.39 Å². The number of nitrogens with zero attached hydrogens (tertiary/aromatic N) is 1. The SMILES string of the molecule is CN(C)CC1CCc2cc(F)ccc2C1=O.Cl. The largest absolute Gasteiger partial charge is 0.309 e. The summed E-state index contributed by atoms with van der Waals surface area (Å²) in [4.78, 5) is 14.1. The van der Waals surface area contributed by atoms with Crippen molar-refractivity contribution < 1.29 is 9.18 Å². The number of benzene rings is 1. The molecule has 0 radical (unpaired) electrons. The Morgan fingerprint density at radius 3 is 2.76 bits per heavy atom. The molecule has 2 nitrogen and oxygen atoms in total. The molecule has 94 valence electrons. The van der Waals surface area contributed by atoms with E-state index in [1.165, 1.54) is 12.1 Å². The molecule has 0 heterocycles. The number of carbonyl (C=O) groups excluding carboxylic acids is 1. The highest BCUT2D eigenvalue weighted by Crippen LogP contribution is 2.26. The van der Waals surface area contributed by atoms with Gasteiger partial charge in [-0.05, 0) is 50.7 Å². The van der Waals surface area contributed by atoms with Crippen LogP contribution in [-0.2, 0) is 6.42 Å². The molecule has 0 saturated heterocycles. The second-order valence-corrected chi connectivity index (χ2v) is 4.66. The third-order valence-corrected chi connectivity index (χ3v) is 3.05. The van der Waals surface area contributed by atoms with Crippen molar-refractivity contribution in [3.8, 4) is 0 Å². The van der Waals surface area contributed by atoms with Crippen molar-refractivity contribution in [1.82, 2.24) is 4.90 Å². The Labute approximate surface area is 107 Å². The highest BCUT2D eigenvalue weighted by atomic mass is 35.5. The second kappa shape index (κ2) is 5.61. The van der Waals surface area contributed by atoms with Crippen molar-refractivity contribution in [3.63, 3.8) is 0 Å². The van der Waals surface area contributed by atoms with Gasteiger partial charge in [0, 0.05) is 18.0 Å². The van der Waals surface area contributed by atoms with Gasteiger partial charge in [0.1, 0.15) is 5.82 Å². The fourth-order valence-electron chi connectivity index (χ4n) is 2.31. The molecule has 17 heavy (non-hydrogen) atoms. The summed E-state index contributed by atoms with van der Waals surface area (Å²) in [6.07, 6.45) is 1.63. The maximum absolute atomic E-state index is 13.0. The zero-order valence-electron chi connectivity index (χ0n) is 10.1. The van der Waals surface area contributed by atoms with Crippen LogP contribution in [0, 0.1) is 11.7 Å². The van der Waals surface area contributed by atoms with Gasteiger partial charge >= 0.3 is 0 Å². The Hall–Kier alpha value is -0.930. The van der Waals surface area contributed by atoms with Crippen LogP contribution in [0.1, 0.15) is 22.3 Å². The van der Waals surface area contributed by atoms with Crippen molar-refractivity contribution in [2.75, 3.05) is 20.6 Å². The van der Waals surface area contributed by atoms with Gasteiger partial charge in [-0.1, -0.05) is 0 Å². The molecule has 2 rings (SSSR count). The number of Topliss-reactive ketones (excluding diaryl/α,β-unsaturated/α-hetero) is 1. The van der Waals surface area contributed by atoms with Gasteiger partial charge in [0.2, 0.25) is 0 Å². The Bertz CT molecular complexity index is 420. The standard InChI is InChI=1S/C13H16FNO.ClH/c1-15(2)8-10-4-3-9-7-11(14)5-6-12(9)13(10)16;/h5-7,10H,3-4,8H2,1-2H3;1H. The third kappa shape index (κ3) is 3.05.